The molecule has 1 rings (SSSR count). The first-order chi connectivity index (χ1) is 6.69. The van der Waals surface area contributed by atoms with Crippen LogP contribution in [0.2, 0.25) is 0 Å². The van der Waals surface area contributed by atoms with Gasteiger partial charge >= 0.3 is 0 Å². The summed E-state index contributed by atoms with van der Waals surface area (Å²) < 4.78 is 0. The summed E-state index contributed by atoms with van der Waals surface area (Å²) in [5.74, 6) is 0.761. The highest BCUT2D eigenvalue weighted by molar-refractivity contribution is 5.29. The first kappa shape index (κ1) is 10.9. The minimum Gasteiger partial charge on any atom is -0.341 e. The highest BCUT2D eigenvalue weighted by Crippen LogP contribution is 2.10. The van der Waals surface area contributed by atoms with Crippen molar-refractivity contribution in [3.63, 3.8) is 0 Å². The number of nitrogens with two attached hydrogens (primary N) is 1. The van der Waals surface area contributed by atoms with Crippen LogP contribution in [-0.4, -0.2) is 23.1 Å². The summed E-state index contributed by atoms with van der Waals surface area (Å²) >= 11 is 0. The summed E-state index contributed by atoms with van der Waals surface area (Å²) in [4.78, 5) is 10.6. The Balaban J connectivity index is 2.75. The second kappa shape index (κ2) is 4.91. The van der Waals surface area contributed by atoms with Gasteiger partial charge in [-0.25, -0.2) is 9.97 Å². The zero-order valence-corrected chi connectivity index (χ0v) is 9.07. The molecule has 0 aliphatic carbocycles. The van der Waals surface area contributed by atoms with Gasteiger partial charge in [0.1, 0.15) is 0 Å². The minimum atomic E-state index is 0.457. The first-order valence-electron chi connectivity index (χ1n) is 4.92. The van der Waals surface area contributed by atoms with E-state index in [1.54, 1.807) is 12.4 Å². The summed E-state index contributed by atoms with van der Waals surface area (Å²) in [6.07, 6.45) is 4.64. The largest absolute Gasteiger partial charge is 0.341 e. The molecule has 1 unspecified atom stereocenters. The Morgan fingerprint density at radius 3 is 2.43 bits per heavy atom. The Bertz CT molecular complexity index is 270. The molecule has 78 valence electrons. The maximum atomic E-state index is 5.47. The van der Waals surface area contributed by atoms with Gasteiger partial charge in [-0.15, -0.1) is 0 Å². The third-order valence-corrected chi connectivity index (χ3v) is 2.49. The van der Waals surface area contributed by atoms with Gasteiger partial charge in [0.2, 0.25) is 5.95 Å². The average Bonchev–Trinajstić information content (AvgIpc) is 2.27. The van der Waals surface area contributed by atoms with Gasteiger partial charge in [0.25, 0.3) is 0 Å². The maximum absolute atomic E-state index is 5.47. The van der Waals surface area contributed by atoms with Crippen molar-refractivity contribution >= 4 is 5.95 Å². The van der Waals surface area contributed by atoms with Gasteiger partial charge in [-0.2, -0.15) is 0 Å². The van der Waals surface area contributed by atoms with Crippen LogP contribution >= 0.6 is 0 Å². The topological polar surface area (TPSA) is 55.0 Å². The first-order valence-corrected chi connectivity index (χ1v) is 4.92. The van der Waals surface area contributed by atoms with Crippen LogP contribution in [0.15, 0.2) is 12.4 Å². The number of aromatic nitrogens is 2. The molecule has 14 heavy (non-hydrogen) atoms. The fourth-order valence-corrected chi connectivity index (χ4v) is 1.11. The lowest BCUT2D eigenvalue weighted by molar-refractivity contribution is 0.647. The summed E-state index contributed by atoms with van der Waals surface area (Å²) in [7, 11) is 2.01. The molecule has 2 N–H and O–H groups in total. The molecule has 0 aromatic carbocycles. The van der Waals surface area contributed by atoms with Gasteiger partial charge in [-0.1, -0.05) is 6.92 Å². The van der Waals surface area contributed by atoms with Crippen molar-refractivity contribution in [3.8, 4) is 0 Å². The minimum absolute atomic E-state index is 0.457. The van der Waals surface area contributed by atoms with Gasteiger partial charge in [-0.3, -0.25) is 0 Å². The molecule has 1 heterocycles. The van der Waals surface area contributed by atoms with Crippen LogP contribution < -0.4 is 10.6 Å². The van der Waals surface area contributed by atoms with Crippen molar-refractivity contribution in [1.29, 1.82) is 0 Å². The van der Waals surface area contributed by atoms with Crippen molar-refractivity contribution in [3.05, 3.63) is 18.0 Å². The van der Waals surface area contributed by atoms with Gasteiger partial charge in [0.15, 0.2) is 0 Å². The third-order valence-electron chi connectivity index (χ3n) is 2.49. The van der Waals surface area contributed by atoms with E-state index in [1.807, 2.05) is 7.05 Å². The average molecular weight is 194 g/mol. The normalized spacial score (nSPS) is 12.6. The lowest BCUT2D eigenvalue weighted by Crippen LogP contribution is -2.29. The molecule has 0 aliphatic rings. The van der Waals surface area contributed by atoms with Crippen LogP contribution in [0.5, 0.6) is 0 Å². The molecule has 0 fully saturated rings. The molecule has 1 aromatic rings. The van der Waals surface area contributed by atoms with E-state index in [0.717, 1.165) is 17.9 Å². The van der Waals surface area contributed by atoms with Crippen molar-refractivity contribution in [2.24, 2.45) is 5.73 Å². The third kappa shape index (κ3) is 2.42. The van der Waals surface area contributed by atoms with Crippen LogP contribution in [-0.2, 0) is 6.54 Å². The van der Waals surface area contributed by atoms with E-state index in [9.17, 15) is 0 Å². The molecule has 4 nitrogen and oxygen atoms in total. The molecule has 4 heteroatoms. The van der Waals surface area contributed by atoms with E-state index in [-0.39, 0.29) is 0 Å². The Morgan fingerprint density at radius 1 is 1.43 bits per heavy atom. The molecule has 0 saturated heterocycles. The summed E-state index contributed by atoms with van der Waals surface area (Å²) in [5.41, 5.74) is 6.43. The van der Waals surface area contributed by atoms with Crippen molar-refractivity contribution in [2.75, 3.05) is 11.9 Å². The van der Waals surface area contributed by atoms with Crippen LogP contribution in [0, 0.1) is 0 Å². The smallest absolute Gasteiger partial charge is 0.225 e. The Morgan fingerprint density at radius 2 is 2.00 bits per heavy atom. The predicted octanol–water partition coefficient (Wildman–Crippen LogP) is 1.17. The molecule has 0 amide bonds. The van der Waals surface area contributed by atoms with Crippen LogP contribution in [0.3, 0.4) is 0 Å². The number of hydrogen-bond acceptors (Lipinski definition) is 4. The van der Waals surface area contributed by atoms with Crippen molar-refractivity contribution in [2.45, 2.75) is 32.9 Å². The van der Waals surface area contributed by atoms with Crippen molar-refractivity contribution < 1.29 is 0 Å². The van der Waals surface area contributed by atoms with E-state index >= 15 is 0 Å². The van der Waals surface area contributed by atoms with Crippen LogP contribution in [0.1, 0.15) is 25.8 Å². The monoisotopic (exact) mass is 194 g/mol. The summed E-state index contributed by atoms with van der Waals surface area (Å²) in [6.45, 7) is 4.79. The molecule has 0 saturated carbocycles. The standard InChI is InChI=1S/C10H18N4/c1-4-8(2)14(3)10-12-6-9(5-11)7-13-10/h6-8H,4-5,11H2,1-3H3. The molecule has 0 radical (unpaired) electrons. The fraction of sp³-hybridized carbons (Fsp3) is 0.600. The van der Waals surface area contributed by atoms with E-state index in [1.165, 1.54) is 0 Å². The quantitative estimate of drug-likeness (QED) is 0.781. The van der Waals surface area contributed by atoms with E-state index in [0.29, 0.717) is 12.6 Å². The molecular formula is C10H18N4. The molecule has 0 aliphatic heterocycles. The number of anilines is 1. The number of nitrogens with zero attached hydrogens (tertiary/aromatic N) is 3. The zero-order chi connectivity index (χ0) is 10.6. The predicted molar refractivity (Wildman–Crippen MR) is 58.1 cm³/mol. The summed E-state index contributed by atoms with van der Waals surface area (Å²) in [6, 6.07) is 0.457. The highest BCUT2D eigenvalue weighted by atomic mass is 15.2. The van der Waals surface area contributed by atoms with E-state index in [4.69, 9.17) is 5.73 Å². The Hall–Kier alpha value is -1.16. The second-order valence-corrected chi connectivity index (χ2v) is 3.46. The van der Waals surface area contributed by atoms with Gasteiger partial charge in [-0.05, 0) is 13.3 Å². The number of rotatable bonds is 4. The molecule has 1 atom stereocenters. The van der Waals surface area contributed by atoms with Gasteiger partial charge in [0.05, 0.1) is 0 Å². The molecule has 0 bridgehead atoms. The second-order valence-electron chi connectivity index (χ2n) is 3.46. The molecule has 0 spiro atoms. The van der Waals surface area contributed by atoms with Gasteiger partial charge < -0.3 is 10.6 Å². The van der Waals surface area contributed by atoms with E-state index < -0.39 is 0 Å². The van der Waals surface area contributed by atoms with Crippen LogP contribution in [0.4, 0.5) is 5.95 Å². The fourth-order valence-electron chi connectivity index (χ4n) is 1.11. The SMILES string of the molecule is CCC(C)N(C)c1ncc(CN)cn1. The lowest BCUT2D eigenvalue weighted by Gasteiger charge is -2.23. The van der Waals surface area contributed by atoms with E-state index in [2.05, 4.69) is 28.7 Å². The van der Waals surface area contributed by atoms with Crippen LogP contribution in [0.25, 0.3) is 0 Å². The molecular weight excluding hydrogens is 176 g/mol. The Kier molecular flexibility index (Phi) is 3.83. The molecule has 1 aromatic heterocycles. The van der Waals surface area contributed by atoms with Gasteiger partial charge in [0, 0.05) is 37.6 Å². The lowest BCUT2D eigenvalue weighted by atomic mass is 10.2. The van der Waals surface area contributed by atoms with Crippen molar-refractivity contribution in [1.82, 2.24) is 9.97 Å². The summed E-state index contributed by atoms with van der Waals surface area (Å²) in [5, 5.41) is 0. The zero-order valence-electron chi connectivity index (χ0n) is 9.07. The number of hydrogen-bond donors (Lipinski definition) is 1. The maximum Gasteiger partial charge on any atom is 0.225 e. The Labute approximate surface area is 85.2 Å². The highest BCUT2D eigenvalue weighted by Gasteiger charge is 2.09.